The maximum atomic E-state index is 13.3. The van der Waals surface area contributed by atoms with Crippen LogP contribution in [-0.4, -0.2) is 37.9 Å². The van der Waals surface area contributed by atoms with Crippen LogP contribution in [0.4, 0.5) is 5.69 Å². The van der Waals surface area contributed by atoms with Crippen LogP contribution in [0.15, 0.2) is 41.1 Å². The second-order valence-electron chi connectivity index (χ2n) is 8.15. The van der Waals surface area contributed by atoms with E-state index in [0.717, 1.165) is 46.0 Å². The van der Waals surface area contributed by atoms with Crippen LogP contribution in [0.5, 0.6) is 0 Å². The van der Waals surface area contributed by atoms with Gasteiger partial charge in [-0.1, -0.05) is 28.1 Å². The van der Waals surface area contributed by atoms with Gasteiger partial charge in [-0.05, 0) is 57.2 Å². The maximum Gasteiger partial charge on any atom is 0.255 e. The van der Waals surface area contributed by atoms with Gasteiger partial charge in [0.1, 0.15) is 0 Å². The lowest BCUT2D eigenvalue weighted by atomic mass is 9.92. The van der Waals surface area contributed by atoms with Gasteiger partial charge < -0.3 is 15.7 Å². The highest BCUT2D eigenvalue weighted by Gasteiger charge is 2.25. The SMILES string of the molecule is CCn1ncc2c(N[C@@H]3CCC[C@@H](O)C3)c(C(=O)N[C@H](C)c3ccc(Br)cc3)cnc21. The maximum absolute atomic E-state index is 13.3. The number of amides is 1. The molecule has 2 aromatic heterocycles. The third kappa shape index (κ3) is 4.75. The molecular weight excluding hydrogens is 458 g/mol. The predicted molar refractivity (Wildman–Crippen MR) is 125 cm³/mol. The minimum Gasteiger partial charge on any atom is -0.393 e. The summed E-state index contributed by atoms with van der Waals surface area (Å²) in [4.78, 5) is 17.8. The van der Waals surface area contributed by atoms with E-state index in [4.69, 9.17) is 0 Å². The topological polar surface area (TPSA) is 92.1 Å². The normalized spacial score (nSPS) is 19.9. The van der Waals surface area contributed by atoms with E-state index < -0.39 is 0 Å². The number of aromatic nitrogens is 3. The molecule has 1 aliphatic rings. The van der Waals surface area contributed by atoms with Crippen molar-refractivity contribution in [2.75, 3.05) is 5.32 Å². The molecule has 1 amide bonds. The average molecular weight is 486 g/mol. The van der Waals surface area contributed by atoms with Crippen LogP contribution < -0.4 is 10.6 Å². The summed E-state index contributed by atoms with van der Waals surface area (Å²) in [6, 6.07) is 7.86. The second-order valence-corrected chi connectivity index (χ2v) is 9.07. The number of rotatable bonds is 6. The molecule has 8 heteroatoms. The zero-order valence-corrected chi connectivity index (χ0v) is 19.4. The molecule has 7 nitrogen and oxygen atoms in total. The summed E-state index contributed by atoms with van der Waals surface area (Å²) in [5, 5.41) is 22.0. The highest BCUT2D eigenvalue weighted by Crippen LogP contribution is 2.30. The number of benzene rings is 1. The Morgan fingerprint density at radius 2 is 2.06 bits per heavy atom. The predicted octanol–water partition coefficient (Wildman–Crippen LogP) is 4.42. The van der Waals surface area contributed by atoms with Crippen LogP contribution in [0.1, 0.15) is 61.5 Å². The van der Waals surface area contributed by atoms with E-state index >= 15 is 0 Å². The van der Waals surface area contributed by atoms with E-state index in [1.54, 1.807) is 12.4 Å². The number of nitrogens with zero attached hydrogens (tertiary/aromatic N) is 3. The Hall–Kier alpha value is -2.45. The van der Waals surface area contributed by atoms with Gasteiger partial charge in [0.15, 0.2) is 5.65 Å². The second kappa shape index (κ2) is 9.36. The van der Waals surface area contributed by atoms with Gasteiger partial charge in [0.25, 0.3) is 5.91 Å². The molecule has 0 aliphatic heterocycles. The zero-order valence-electron chi connectivity index (χ0n) is 17.8. The Kier molecular flexibility index (Phi) is 6.57. The Morgan fingerprint density at radius 3 is 2.77 bits per heavy atom. The largest absolute Gasteiger partial charge is 0.393 e. The Bertz CT molecular complexity index is 1070. The van der Waals surface area contributed by atoms with Crippen molar-refractivity contribution in [2.24, 2.45) is 0 Å². The summed E-state index contributed by atoms with van der Waals surface area (Å²) in [5.41, 5.74) is 3.00. The van der Waals surface area contributed by atoms with Crippen LogP contribution in [-0.2, 0) is 6.54 Å². The monoisotopic (exact) mass is 485 g/mol. The summed E-state index contributed by atoms with van der Waals surface area (Å²) >= 11 is 3.44. The summed E-state index contributed by atoms with van der Waals surface area (Å²) in [6.07, 6.45) is 6.50. The number of hydrogen-bond donors (Lipinski definition) is 3. The molecule has 0 bridgehead atoms. The molecular formula is C23H28BrN5O2. The fraction of sp³-hybridized carbons (Fsp3) is 0.435. The number of aryl methyl sites for hydroxylation is 1. The molecule has 0 unspecified atom stereocenters. The van der Waals surface area contributed by atoms with E-state index in [1.165, 1.54) is 0 Å². The lowest BCUT2D eigenvalue weighted by molar-refractivity contribution is 0.0940. The molecule has 1 saturated carbocycles. The van der Waals surface area contributed by atoms with Crippen molar-refractivity contribution >= 4 is 38.6 Å². The molecule has 2 heterocycles. The zero-order chi connectivity index (χ0) is 22.0. The molecule has 3 N–H and O–H groups in total. The lowest BCUT2D eigenvalue weighted by Crippen LogP contribution is -2.32. The van der Waals surface area contributed by atoms with Gasteiger partial charge in [-0.3, -0.25) is 4.79 Å². The highest BCUT2D eigenvalue weighted by molar-refractivity contribution is 9.10. The number of anilines is 1. The van der Waals surface area contributed by atoms with Crippen LogP contribution in [0, 0.1) is 0 Å². The first-order valence-corrected chi connectivity index (χ1v) is 11.6. The van der Waals surface area contributed by atoms with Gasteiger partial charge in [0.05, 0.1) is 35.0 Å². The summed E-state index contributed by atoms with van der Waals surface area (Å²) in [7, 11) is 0. The average Bonchev–Trinajstić information content (AvgIpc) is 3.18. The number of aliphatic hydroxyl groups is 1. The smallest absolute Gasteiger partial charge is 0.255 e. The van der Waals surface area contributed by atoms with E-state index in [1.807, 2.05) is 42.8 Å². The van der Waals surface area contributed by atoms with Crippen molar-refractivity contribution in [1.29, 1.82) is 0 Å². The molecule has 1 aromatic carbocycles. The molecule has 0 spiro atoms. The summed E-state index contributed by atoms with van der Waals surface area (Å²) in [6.45, 7) is 4.68. The van der Waals surface area contributed by atoms with Crippen molar-refractivity contribution in [3.8, 4) is 0 Å². The number of aliphatic hydroxyl groups excluding tert-OH is 1. The number of carbonyl (C=O) groups excluding carboxylic acids is 1. The van der Waals surface area contributed by atoms with Gasteiger partial charge in [0.2, 0.25) is 0 Å². The van der Waals surface area contributed by atoms with E-state index in [-0.39, 0.29) is 24.1 Å². The molecule has 0 saturated heterocycles. The van der Waals surface area contributed by atoms with E-state index in [2.05, 4.69) is 36.6 Å². The third-order valence-corrected chi connectivity index (χ3v) is 6.45. The molecule has 31 heavy (non-hydrogen) atoms. The number of nitrogens with one attached hydrogen (secondary N) is 2. The minimum absolute atomic E-state index is 0.106. The molecule has 1 aliphatic carbocycles. The standard InChI is InChI=1S/C23H28BrN5O2/c1-3-29-22-19(13-26-29)21(28-17-5-4-6-18(30)11-17)20(12-25-22)23(31)27-14(2)15-7-9-16(24)10-8-15/h7-10,12-14,17-18,30H,3-6,11H2,1-2H3,(H,25,28)(H,27,31)/t14-,17-,18-/m1/s1. The van der Waals surface area contributed by atoms with Gasteiger partial charge in [-0.25, -0.2) is 9.67 Å². The summed E-state index contributed by atoms with van der Waals surface area (Å²) < 4.78 is 2.82. The number of halogens is 1. The number of pyridine rings is 1. The van der Waals surface area contributed by atoms with E-state index in [9.17, 15) is 9.90 Å². The van der Waals surface area contributed by atoms with Crippen LogP contribution in [0.3, 0.4) is 0 Å². The fourth-order valence-electron chi connectivity index (χ4n) is 4.19. The first kappa shape index (κ1) is 21.8. The van der Waals surface area contributed by atoms with Gasteiger partial charge in [-0.2, -0.15) is 5.10 Å². The third-order valence-electron chi connectivity index (χ3n) is 5.92. The van der Waals surface area contributed by atoms with Crippen molar-refractivity contribution in [1.82, 2.24) is 20.1 Å². The van der Waals surface area contributed by atoms with Crippen molar-refractivity contribution < 1.29 is 9.90 Å². The molecule has 0 radical (unpaired) electrons. The molecule has 3 aromatic rings. The minimum atomic E-state index is -0.309. The molecule has 3 atom stereocenters. The molecule has 164 valence electrons. The van der Waals surface area contributed by atoms with Crippen molar-refractivity contribution in [2.45, 2.75) is 64.3 Å². The molecule has 4 rings (SSSR count). The fourth-order valence-corrected chi connectivity index (χ4v) is 4.46. The quantitative estimate of drug-likeness (QED) is 0.480. The van der Waals surface area contributed by atoms with Crippen LogP contribution in [0.25, 0.3) is 11.0 Å². The van der Waals surface area contributed by atoms with Crippen molar-refractivity contribution in [3.05, 3.63) is 52.3 Å². The lowest BCUT2D eigenvalue weighted by Gasteiger charge is -2.28. The number of carbonyl (C=O) groups is 1. The van der Waals surface area contributed by atoms with E-state index in [0.29, 0.717) is 18.5 Å². The van der Waals surface area contributed by atoms with Gasteiger partial charge in [0, 0.05) is 23.3 Å². The van der Waals surface area contributed by atoms with Crippen LogP contribution >= 0.6 is 15.9 Å². The number of fused-ring (bicyclic) bond motifs is 1. The van der Waals surface area contributed by atoms with Gasteiger partial charge in [-0.15, -0.1) is 0 Å². The van der Waals surface area contributed by atoms with Crippen LogP contribution in [0.2, 0.25) is 0 Å². The number of hydrogen-bond acceptors (Lipinski definition) is 5. The summed E-state index contributed by atoms with van der Waals surface area (Å²) in [5.74, 6) is -0.187. The first-order valence-electron chi connectivity index (χ1n) is 10.8. The Labute approximate surface area is 190 Å². The van der Waals surface area contributed by atoms with Crippen molar-refractivity contribution in [3.63, 3.8) is 0 Å². The first-order chi connectivity index (χ1) is 15.0. The Balaban J connectivity index is 1.65. The molecule has 1 fully saturated rings. The van der Waals surface area contributed by atoms with Gasteiger partial charge >= 0.3 is 0 Å². The highest BCUT2D eigenvalue weighted by atomic mass is 79.9. The Morgan fingerprint density at radius 1 is 1.29 bits per heavy atom.